The predicted molar refractivity (Wildman–Crippen MR) is 139 cm³/mol. The van der Waals surface area contributed by atoms with E-state index in [9.17, 15) is 14.4 Å². The van der Waals surface area contributed by atoms with Crippen LogP contribution in [0.15, 0.2) is 24.3 Å². The second kappa shape index (κ2) is 13.9. The number of alkyl carbamates (subject to hydrolysis) is 1. The summed E-state index contributed by atoms with van der Waals surface area (Å²) in [6.07, 6.45) is 8.88. The molecule has 0 aliphatic carbocycles. The van der Waals surface area contributed by atoms with Gasteiger partial charge in [0.15, 0.2) is 0 Å². The fourth-order valence-corrected chi connectivity index (χ4v) is 3.93. The Morgan fingerprint density at radius 1 is 1.15 bits per heavy atom. The minimum absolute atomic E-state index is 0.0411. The summed E-state index contributed by atoms with van der Waals surface area (Å²) in [6.45, 7) is 9.26. The normalized spacial score (nSPS) is 13.7. The van der Waals surface area contributed by atoms with Gasteiger partial charge in [-0.25, -0.2) is 4.79 Å². The topological polar surface area (TPSA) is 87.7 Å². The van der Waals surface area contributed by atoms with Crippen LogP contribution in [0, 0.1) is 12.3 Å². The molecule has 3 atom stereocenters. The first kappa shape index (κ1) is 29.4. The predicted octanol–water partition coefficient (Wildman–Crippen LogP) is 4.12. The number of hydrogen-bond acceptors (Lipinski definition) is 5. The Balaban J connectivity index is 3.24. The van der Waals surface area contributed by atoms with Gasteiger partial charge in [0.25, 0.3) is 0 Å². The lowest BCUT2D eigenvalue weighted by Crippen LogP contribution is -2.52. The SMILES string of the molecule is C#Cc1ccc(C(C(=O)NC(C)CCC)N(C)C(=O)C(CCSC)NC(=O)OC(C)(C)C)cc1. The highest BCUT2D eigenvalue weighted by atomic mass is 32.2. The van der Waals surface area contributed by atoms with Crippen molar-refractivity contribution in [3.8, 4) is 12.3 Å². The lowest BCUT2D eigenvalue weighted by Gasteiger charge is -2.32. The molecule has 0 aromatic heterocycles. The Bertz CT molecular complexity index is 858. The maximum Gasteiger partial charge on any atom is 0.408 e. The van der Waals surface area contributed by atoms with Crippen molar-refractivity contribution in [2.75, 3.05) is 19.1 Å². The molecule has 34 heavy (non-hydrogen) atoms. The monoisotopic (exact) mass is 489 g/mol. The van der Waals surface area contributed by atoms with Crippen molar-refractivity contribution in [1.29, 1.82) is 0 Å². The van der Waals surface area contributed by atoms with Crippen LogP contribution < -0.4 is 10.6 Å². The second-order valence-corrected chi connectivity index (χ2v) is 10.3. The third-order valence-electron chi connectivity index (χ3n) is 5.09. The molecule has 1 aromatic rings. The smallest absolute Gasteiger partial charge is 0.408 e. The first-order valence-electron chi connectivity index (χ1n) is 11.6. The molecule has 3 unspecified atom stereocenters. The number of rotatable bonds is 11. The van der Waals surface area contributed by atoms with Crippen molar-refractivity contribution in [2.24, 2.45) is 0 Å². The summed E-state index contributed by atoms with van der Waals surface area (Å²) in [6, 6.07) is 5.25. The quantitative estimate of drug-likeness (QED) is 0.457. The summed E-state index contributed by atoms with van der Waals surface area (Å²) >= 11 is 1.57. The van der Waals surface area contributed by atoms with E-state index in [1.54, 1.807) is 63.8 Å². The van der Waals surface area contributed by atoms with Crippen LogP contribution in [0.25, 0.3) is 0 Å². The van der Waals surface area contributed by atoms with Crippen molar-refractivity contribution < 1.29 is 19.1 Å². The molecule has 188 valence electrons. The molecule has 1 aromatic carbocycles. The minimum Gasteiger partial charge on any atom is -0.444 e. The summed E-state index contributed by atoms with van der Waals surface area (Å²) in [5.74, 6) is 2.56. The fourth-order valence-electron chi connectivity index (χ4n) is 3.46. The van der Waals surface area contributed by atoms with Crippen molar-refractivity contribution in [2.45, 2.75) is 77.6 Å². The molecule has 1 rings (SSSR count). The number of thioether (sulfide) groups is 1. The Morgan fingerprint density at radius 3 is 2.26 bits per heavy atom. The van der Waals surface area contributed by atoms with Gasteiger partial charge in [-0.3, -0.25) is 9.59 Å². The summed E-state index contributed by atoms with van der Waals surface area (Å²) in [4.78, 5) is 40.7. The number of nitrogens with zero attached hydrogens (tertiary/aromatic N) is 1. The molecular formula is C26H39N3O4S. The van der Waals surface area contributed by atoms with Crippen molar-refractivity contribution in [1.82, 2.24) is 15.5 Å². The average Bonchev–Trinajstić information content (AvgIpc) is 2.75. The van der Waals surface area contributed by atoms with E-state index in [1.165, 1.54) is 4.90 Å². The van der Waals surface area contributed by atoms with Gasteiger partial charge < -0.3 is 20.3 Å². The van der Waals surface area contributed by atoms with Crippen LogP contribution in [-0.2, 0) is 14.3 Å². The number of hydrogen-bond donors (Lipinski definition) is 2. The molecule has 0 fully saturated rings. The number of terminal acetylenes is 1. The van der Waals surface area contributed by atoms with Gasteiger partial charge in [-0.1, -0.05) is 31.4 Å². The Morgan fingerprint density at radius 2 is 1.76 bits per heavy atom. The van der Waals surface area contributed by atoms with Crippen molar-refractivity contribution in [3.05, 3.63) is 35.4 Å². The number of carbonyl (C=O) groups is 3. The molecule has 8 heteroatoms. The fraction of sp³-hybridized carbons (Fsp3) is 0.577. The Hall–Kier alpha value is -2.66. The molecule has 0 saturated carbocycles. The zero-order chi connectivity index (χ0) is 25.9. The van der Waals surface area contributed by atoms with E-state index in [0.717, 1.165) is 12.8 Å². The van der Waals surface area contributed by atoms with Gasteiger partial charge in [-0.05, 0) is 70.2 Å². The first-order chi connectivity index (χ1) is 15.9. The minimum atomic E-state index is -0.879. The van der Waals surface area contributed by atoms with Gasteiger partial charge in [-0.2, -0.15) is 11.8 Å². The molecule has 0 bridgehead atoms. The van der Waals surface area contributed by atoms with E-state index in [1.807, 2.05) is 20.1 Å². The number of nitrogens with one attached hydrogen (secondary N) is 2. The zero-order valence-electron chi connectivity index (χ0n) is 21.4. The Labute approximate surface area is 208 Å². The van der Waals surface area contributed by atoms with E-state index in [-0.39, 0.29) is 17.9 Å². The maximum atomic E-state index is 13.5. The second-order valence-electron chi connectivity index (χ2n) is 9.30. The summed E-state index contributed by atoms with van der Waals surface area (Å²) in [5.41, 5.74) is 0.622. The molecule has 0 radical (unpaired) electrons. The molecule has 7 nitrogen and oxygen atoms in total. The van der Waals surface area contributed by atoms with Crippen LogP contribution in [0.4, 0.5) is 4.79 Å². The highest BCUT2D eigenvalue weighted by Crippen LogP contribution is 2.23. The van der Waals surface area contributed by atoms with E-state index < -0.39 is 23.8 Å². The van der Waals surface area contributed by atoms with Gasteiger partial charge in [0.2, 0.25) is 11.8 Å². The van der Waals surface area contributed by atoms with Crippen LogP contribution in [0.3, 0.4) is 0 Å². The zero-order valence-corrected chi connectivity index (χ0v) is 22.3. The van der Waals surface area contributed by atoms with E-state index in [0.29, 0.717) is 23.3 Å². The molecular weight excluding hydrogens is 450 g/mol. The van der Waals surface area contributed by atoms with E-state index in [2.05, 4.69) is 16.6 Å². The molecule has 0 spiro atoms. The standard InChI is InChI=1S/C26H39N3O4S/c1-9-11-18(3)27-23(30)22(20-14-12-19(10-2)13-15-20)29(7)24(31)21(16-17-34-8)28-25(32)33-26(4,5)6/h2,12-15,18,21-22H,9,11,16-17H2,1,3-8H3,(H,27,30)(H,28,32). The van der Waals surface area contributed by atoms with Crippen LogP contribution in [0.1, 0.15) is 71.0 Å². The van der Waals surface area contributed by atoms with Gasteiger partial charge in [-0.15, -0.1) is 6.42 Å². The van der Waals surface area contributed by atoms with Gasteiger partial charge >= 0.3 is 6.09 Å². The largest absolute Gasteiger partial charge is 0.444 e. The van der Waals surface area contributed by atoms with E-state index in [4.69, 9.17) is 11.2 Å². The Kier molecular flexibility index (Phi) is 12.0. The number of carbonyl (C=O) groups excluding carboxylic acids is 3. The third kappa shape index (κ3) is 9.68. The average molecular weight is 490 g/mol. The lowest BCUT2D eigenvalue weighted by molar-refractivity contribution is -0.141. The third-order valence-corrected chi connectivity index (χ3v) is 5.73. The van der Waals surface area contributed by atoms with Crippen LogP contribution >= 0.6 is 11.8 Å². The number of amides is 3. The molecule has 0 aliphatic heterocycles. The number of likely N-dealkylation sites (N-methyl/N-ethyl adjacent to an activating group) is 1. The van der Waals surface area contributed by atoms with Crippen molar-refractivity contribution >= 4 is 29.7 Å². The van der Waals surface area contributed by atoms with Gasteiger partial charge in [0.1, 0.15) is 17.7 Å². The van der Waals surface area contributed by atoms with Gasteiger partial charge in [0, 0.05) is 18.7 Å². The lowest BCUT2D eigenvalue weighted by atomic mass is 10.0. The first-order valence-corrected chi connectivity index (χ1v) is 12.9. The van der Waals surface area contributed by atoms with Crippen LogP contribution in [0.5, 0.6) is 0 Å². The van der Waals surface area contributed by atoms with Gasteiger partial charge in [0.05, 0.1) is 0 Å². The molecule has 0 aliphatic rings. The summed E-state index contributed by atoms with van der Waals surface area (Å²) in [5, 5.41) is 5.70. The van der Waals surface area contributed by atoms with Crippen LogP contribution in [0.2, 0.25) is 0 Å². The summed E-state index contributed by atoms with van der Waals surface area (Å²) < 4.78 is 5.35. The highest BCUT2D eigenvalue weighted by Gasteiger charge is 2.34. The van der Waals surface area contributed by atoms with Crippen LogP contribution in [-0.4, -0.2) is 59.5 Å². The van der Waals surface area contributed by atoms with Crippen molar-refractivity contribution in [3.63, 3.8) is 0 Å². The molecule has 0 heterocycles. The number of benzene rings is 1. The maximum absolute atomic E-state index is 13.5. The molecule has 0 saturated heterocycles. The molecule has 3 amide bonds. The highest BCUT2D eigenvalue weighted by molar-refractivity contribution is 7.98. The van der Waals surface area contributed by atoms with E-state index >= 15 is 0 Å². The number of ether oxygens (including phenoxy) is 1. The molecule has 2 N–H and O–H groups in total. The summed E-state index contributed by atoms with van der Waals surface area (Å²) in [7, 11) is 1.58.